The maximum atomic E-state index is 14.8. The summed E-state index contributed by atoms with van der Waals surface area (Å²) in [4.78, 5) is 19.6. The van der Waals surface area contributed by atoms with E-state index in [1.807, 2.05) is 24.3 Å². The molecular formula is C23H21FN2O2. The first-order chi connectivity index (χ1) is 13.4. The second-order valence-corrected chi connectivity index (χ2v) is 7.20. The van der Waals surface area contributed by atoms with E-state index in [1.54, 1.807) is 18.3 Å². The molecule has 1 unspecified atom stereocenters. The van der Waals surface area contributed by atoms with Crippen molar-refractivity contribution in [2.75, 3.05) is 0 Å². The number of rotatable bonds is 3. The van der Waals surface area contributed by atoms with Gasteiger partial charge in [-0.15, -0.1) is 0 Å². The van der Waals surface area contributed by atoms with Crippen molar-refractivity contribution in [2.24, 2.45) is 0 Å². The smallest absolute Gasteiger partial charge is 0.257 e. The Labute approximate surface area is 161 Å². The number of nitrogens with zero attached hydrogens (tertiary/aromatic N) is 1. The lowest BCUT2D eigenvalue weighted by Gasteiger charge is -2.16. The Morgan fingerprint density at radius 2 is 1.93 bits per heavy atom. The van der Waals surface area contributed by atoms with Crippen molar-refractivity contribution in [3.8, 4) is 16.9 Å². The lowest BCUT2D eigenvalue weighted by atomic mass is 9.92. The zero-order valence-electron chi connectivity index (χ0n) is 16.0. The zero-order valence-corrected chi connectivity index (χ0v) is 16.0. The van der Waals surface area contributed by atoms with Crippen molar-refractivity contribution in [1.29, 1.82) is 0 Å². The minimum Gasteiger partial charge on any atom is -0.504 e. The number of aromatic hydroxyl groups is 1. The Bertz CT molecular complexity index is 1260. The van der Waals surface area contributed by atoms with Gasteiger partial charge in [-0.1, -0.05) is 38.1 Å². The molecule has 2 N–H and O–H groups in total. The number of pyridine rings is 2. The SMILES string of the molecule is CCC(C)c1ccc(-c2c(O)c(F)c(C)c3[nH]c(=O)c4cccnc4c23)cc1. The van der Waals surface area contributed by atoms with Crippen LogP contribution in [-0.4, -0.2) is 15.1 Å². The highest BCUT2D eigenvalue weighted by Crippen LogP contribution is 2.42. The van der Waals surface area contributed by atoms with Gasteiger partial charge in [-0.05, 0) is 42.5 Å². The summed E-state index contributed by atoms with van der Waals surface area (Å²) in [5.74, 6) is -0.757. The second-order valence-electron chi connectivity index (χ2n) is 7.20. The van der Waals surface area contributed by atoms with Gasteiger partial charge in [0.25, 0.3) is 5.56 Å². The molecule has 4 nitrogen and oxygen atoms in total. The molecule has 2 heterocycles. The van der Waals surface area contributed by atoms with E-state index >= 15 is 0 Å². The van der Waals surface area contributed by atoms with Crippen molar-refractivity contribution in [3.63, 3.8) is 0 Å². The number of phenolic OH excluding ortho intramolecular Hbond substituents is 1. The number of aromatic amines is 1. The van der Waals surface area contributed by atoms with E-state index in [0.717, 1.165) is 6.42 Å². The molecule has 0 aliphatic carbocycles. The standard InChI is InChI=1S/C23H21FN2O2/c1-4-12(2)14-7-9-15(10-8-14)17-18-20(13(3)19(24)22(17)27)26-23(28)16-6-5-11-25-21(16)18/h5-12,27H,4H2,1-3H3,(H,26,28). The van der Waals surface area contributed by atoms with Crippen molar-refractivity contribution < 1.29 is 9.50 Å². The largest absolute Gasteiger partial charge is 0.504 e. The highest BCUT2D eigenvalue weighted by atomic mass is 19.1. The molecule has 28 heavy (non-hydrogen) atoms. The van der Waals surface area contributed by atoms with Crippen LogP contribution in [0.4, 0.5) is 4.39 Å². The number of hydrogen-bond donors (Lipinski definition) is 2. The predicted molar refractivity (Wildman–Crippen MR) is 110 cm³/mol. The van der Waals surface area contributed by atoms with E-state index in [2.05, 4.69) is 23.8 Å². The Morgan fingerprint density at radius 3 is 2.61 bits per heavy atom. The number of halogens is 1. The molecule has 1 atom stereocenters. The first kappa shape index (κ1) is 18.2. The van der Waals surface area contributed by atoms with Gasteiger partial charge >= 0.3 is 0 Å². The summed E-state index contributed by atoms with van der Waals surface area (Å²) in [7, 11) is 0. The van der Waals surface area contributed by atoms with E-state index in [1.165, 1.54) is 12.5 Å². The highest BCUT2D eigenvalue weighted by Gasteiger charge is 2.22. The average Bonchev–Trinajstić information content (AvgIpc) is 2.73. The van der Waals surface area contributed by atoms with Crippen LogP contribution in [-0.2, 0) is 0 Å². The first-order valence-electron chi connectivity index (χ1n) is 9.36. The fraction of sp³-hybridized carbons (Fsp3) is 0.217. The second kappa shape index (κ2) is 6.75. The number of benzene rings is 2. The molecule has 2 aromatic carbocycles. The number of phenols is 1. The molecule has 0 amide bonds. The summed E-state index contributed by atoms with van der Waals surface area (Å²) >= 11 is 0. The Hall–Kier alpha value is -3.21. The molecule has 0 aliphatic rings. The topological polar surface area (TPSA) is 66.0 Å². The van der Waals surface area contributed by atoms with Gasteiger partial charge in [-0.2, -0.15) is 0 Å². The molecule has 2 aromatic heterocycles. The van der Waals surface area contributed by atoms with Gasteiger partial charge in [-0.3, -0.25) is 9.78 Å². The molecule has 142 valence electrons. The molecule has 0 fully saturated rings. The van der Waals surface area contributed by atoms with E-state index in [-0.39, 0.29) is 11.1 Å². The maximum Gasteiger partial charge on any atom is 0.257 e. The average molecular weight is 376 g/mol. The molecule has 0 aliphatic heterocycles. The number of H-pyrrole nitrogens is 1. The Kier molecular flexibility index (Phi) is 4.38. The number of aryl methyl sites for hydroxylation is 1. The third kappa shape index (κ3) is 2.66. The molecule has 4 rings (SSSR count). The number of fused-ring (bicyclic) bond motifs is 3. The third-order valence-corrected chi connectivity index (χ3v) is 5.56. The maximum absolute atomic E-state index is 14.8. The van der Waals surface area contributed by atoms with Crippen molar-refractivity contribution in [2.45, 2.75) is 33.1 Å². The van der Waals surface area contributed by atoms with Crippen LogP contribution >= 0.6 is 0 Å². The molecular weight excluding hydrogens is 355 g/mol. The summed E-state index contributed by atoms with van der Waals surface area (Å²) in [6.45, 7) is 5.81. The molecule has 0 saturated heterocycles. The molecule has 5 heteroatoms. The monoisotopic (exact) mass is 376 g/mol. The van der Waals surface area contributed by atoms with Crippen LogP contribution in [0, 0.1) is 12.7 Å². The summed E-state index contributed by atoms with van der Waals surface area (Å²) in [6.07, 6.45) is 2.61. The van der Waals surface area contributed by atoms with Crippen molar-refractivity contribution in [1.82, 2.24) is 9.97 Å². The summed E-state index contributed by atoms with van der Waals surface area (Å²) in [5.41, 5.74) is 2.85. The van der Waals surface area contributed by atoms with Crippen molar-refractivity contribution in [3.05, 3.63) is 69.9 Å². The lowest BCUT2D eigenvalue weighted by molar-refractivity contribution is 0.433. The minimum atomic E-state index is -0.737. The number of aromatic nitrogens is 2. The van der Waals surface area contributed by atoms with Crippen LogP contribution in [0.3, 0.4) is 0 Å². The number of hydrogen-bond acceptors (Lipinski definition) is 3. The zero-order chi connectivity index (χ0) is 20.0. The quantitative estimate of drug-likeness (QED) is 0.470. The van der Waals surface area contributed by atoms with Gasteiger partial charge in [0.05, 0.1) is 16.4 Å². The lowest BCUT2D eigenvalue weighted by Crippen LogP contribution is -2.09. The minimum absolute atomic E-state index is 0.192. The van der Waals surface area contributed by atoms with E-state index in [0.29, 0.717) is 38.9 Å². The van der Waals surface area contributed by atoms with Gasteiger partial charge in [0.15, 0.2) is 11.6 Å². The fourth-order valence-electron chi connectivity index (χ4n) is 3.68. The normalized spacial score (nSPS) is 12.6. The van der Waals surface area contributed by atoms with Gasteiger partial charge in [0, 0.05) is 22.7 Å². The van der Waals surface area contributed by atoms with Crippen LogP contribution in [0.15, 0.2) is 47.4 Å². The van der Waals surface area contributed by atoms with E-state index in [4.69, 9.17) is 0 Å². The Morgan fingerprint density at radius 1 is 1.21 bits per heavy atom. The van der Waals surface area contributed by atoms with Gasteiger partial charge in [0.2, 0.25) is 0 Å². The molecule has 0 spiro atoms. The van der Waals surface area contributed by atoms with Gasteiger partial charge in [0.1, 0.15) is 0 Å². The van der Waals surface area contributed by atoms with Crippen LogP contribution in [0.1, 0.15) is 37.3 Å². The summed E-state index contributed by atoms with van der Waals surface area (Å²) < 4.78 is 14.8. The predicted octanol–water partition coefficient (Wildman–Crippen LogP) is 5.41. The van der Waals surface area contributed by atoms with E-state index < -0.39 is 11.6 Å². The van der Waals surface area contributed by atoms with Crippen LogP contribution in [0.5, 0.6) is 5.75 Å². The van der Waals surface area contributed by atoms with Gasteiger partial charge in [-0.25, -0.2) is 4.39 Å². The van der Waals surface area contributed by atoms with E-state index in [9.17, 15) is 14.3 Å². The van der Waals surface area contributed by atoms with Crippen LogP contribution < -0.4 is 5.56 Å². The Balaban J connectivity index is 2.13. The molecule has 0 bridgehead atoms. The highest BCUT2D eigenvalue weighted by molar-refractivity contribution is 6.13. The van der Waals surface area contributed by atoms with Gasteiger partial charge < -0.3 is 10.1 Å². The molecule has 0 radical (unpaired) electrons. The fourth-order valence-corrected chi connectivity index (χ4v) is 3.68. The summed E-state index contributed by atoms with van der Waals surface area (Å²) in [5, 5.41) is 11.6. The molecule has 0 saturated carbocycles. The summed E-state index contributed by atoms with van der Waals surface area (Å²) in [6, 6.07) is 11.1. The van der Waals surface area contributed by atoms with Crippen LogP contribution in [0.25, 0.3) is 32.9 Å². The third-order valence-electron chi connectivity index (χ3n) is 5.56. The number of nitrogens with one attached hydrogen (secondary N) is 1. The molecule has 4 aromatic rings. The van der Waals surface area contributed by atoms with Crippen LogP contribution in [0.2, 0.25) is 0 Å². The van der Waals surface area contributed by atoms with Crippen molar-refractivity contribution >= 4 is 21.8 Å². The first-order valence-corrected chi connectivity index (χ1v) is 9.36.